The van der Waals surface area contributed by atoms with E-state index in [0.717, 1.165) is 19.6 Å². The van der Waals surface area contributed by atoms with E-state index in [1.54, 1.807) is 24.3 Å². The number of halogens is 1. The van der Waals surface area contributed by atoms with E-state index < -0.39 is 21.7 Å². The van der Waals surface area contributed by atoms with Crippen LogP contribution in [0.2, 0.25) is 5.02 Å². The number of sulfone groups is 1. The Morgan fingerprint density at radius 1 is 1.16 bits per heavy atom. The summed E-state index contributed by atoms with van der Waals surface area (Å²) in [4.78, 5) is 27.1. The van der Waals surface area contributed by atoms with Crippen LogP contribution in [-0.4, -0.2) is 74.3 Å². The van der Waals surface area contributed by atoms with Crippen LogP contribution in [0, 0.1) is 0 Å². The minimum absolute atomic E-state index is 0.164. The van der Waals surface area contributed by atoms with Crippen molar-refractivity contribution in [3.63, 3.8) is 0 Å². The molecule has 2 N–H and O–H groups in total. The highest BCUT2D eigenvalue weighted by atomic mass is 35.5. The monoisotopic (exact) mass is 481 g/mol. The largest absolute Gasteiger partial charge is 0.379 e. The minimum atomic E-state index is -3.34. The van der Waals surface area contributed by atoms with Crippen LogP contribution in [0.5, 0.6) is 0 Å². The van der Waals surface area contributed by atoms with E-state index in [1.165, 1.54) is 4.68 Å². The molecule has 32 heavy (non-hydrogen) atoms. The molecule has 0 saturated carbocycles. The number of benzene rings is 1. The molecule has 4 rings (SSSR count). The van der Waals surface area contributed by atoms with Crippen LogP contribution in [-0.2, 0) is 35.7 Å². The highest BCUT2D eigenvalue weighted by molar-refractivity contribution is 7.90. The minimum Gasteiger partial charge on any atom is -0.379 e. The van der Waals surface area contributed by atoms with Crippen molar-refractivity contribution in [2.24, 2.45) is 0 Å². The summed E-state index contributed by atoms with van der Waals surface area (Å²) in [6.07, 6.45) is 0.701. The summed E-state index contributed by atoms with van der Waals surface area (Å²) in [5.41, 5.74) is 1.29. The van der Waals surface area contributed by atoms with E-state index in [9.17, 15) is 18.0 Å². The lowest BCUT2D eigenvalue weighted by atomic mass is 10.2. The SMILES string of the molecule is O=C(NCCCN1CCOCC1)C(=O)Nc1c2c(nn1-c1cccc(Cl)c1)CS(=O)(=O)C2. The first-order valence-electron chi connectivity index (χ1n) is 10.3. The second kappa shape index (κ2) is 9.57. The number of anilines is 1. The molecule has 0 aliphatic carbocycles. The molecule has 10 nitrogen and oxygen atoms in total. The average Bonchev–Trinajstić information content (AvgIpc) is 3.24. The molecule has 1 fully saturated rings. The van der Waals surface area contributed by atoms with Gasteiger partial charge in [-0.25, -0.2) is 13.1 Å². The Hall–Kier alpha value is -2.47. The molecule has 1 aromatic heterocycles. The zero-order valence-corrected chi connectivity index (χ0v) is 18.9. The second-order valence-corrected chi connectivity index (χ2v) is 10.2. The van der Waals surface area contributed by atoms with E-state index >= 15 is 0 Å². The van der Waals surface area contributed by atoms with Gasteiger partial charge in [-0.05, 0) is 31.2 Å². The van der Waals surface area contributed by atoms with Gasteiger partial charge in [0.1, 0.15) is 5.82 Å². The molecule has 0 radical (unpaired) electrons. The zero-order chi connectivity index (χ0) is 22.7. The Balaban J connectivity index is 1.43. The molecule has 3 heterocycles. The first-order chi connectivity index (χ1) is 15.3. The van der Waals surface area contributed by atoms with Crippen molar-refractivity contribution in [1.82, 2.24) is 20.0 Å². The maximum Gasteiger partial charge on any atom is 0.314 e. The predicted molar refractivity (Wildman–Crippen MR) is 118 cm³/mol. The smallest absolute Gasteiger partial charge is 0.314 e. The standard InChI is InChI=1S/C20H24ClN5O5S/c21-14-3-1-4-15(11-14)26-18(16-12-32(29,30)13-17(16)24-26)23-20(28)19(27)22-5-2-6-25-7-9-31-10-8-25/h1,3-4,11H,2,5-10,12-13H2,(H,22,27)(H,23,28). The Labute approximate surface area is 190 Å². The fraction of sp³-hybridized carbons (Fsp3) is 0.450. The predicted octanol–water partition coefficient (Wildman–Crippen LogP) is 0.731. The highest BCUT2D eigenvalue weighted by Crippen LogP contribution is 2.33. The van der Waals surface area contributed by atoms with Gasteiger partial charge in [0.15, 0.2) is 9.84 Å². The van der Waals surface area contributed by atoms with Crippen LogP contribution in [0.3, 0.4) is 0 Å². The van der Waals surface area contributed by atoms with Gasteiger partial charge in [0.25, 0.3) is 0 Å². The van der Waals surface area contributed by atoms with Gasteiger partial charge in [0.2, 0.25) is 0 Å². The third-order valence-corrected chi connectivity index (χ3v) is 7.00. The van der Waals surface area contributed by atoms with Crippen molar-refractivity contribution in [2.45, 2.75) is 17.9 Å². The fourth-order valence-electron chi connectivity index (χ4n) is 3.74. The number of morpholine rings is 1. The number of aromatic nitrogens is 2. The zero-order valence-electron chi connectivity index (χ0n) is 17.3. The Kier molecular flexibility index (Phi) is 6.79. The number of ether oxygens (including phenoxy) is 1. The molecule has 2 amide bonds. The number of nitrogens with one attached hydrogen (secondary N) is 2. The van der Waals surface area contributed by atoms with Gasteiger partial charge in [-0.1, -0.05) is 17.7 Å². The van der Waals surface area contributed by atoms with E-state index in [-0.39, 0.29) is 17.3 Å². The second-order valence-electron chi connectivity index (χ2n) is 7.72. The van der Waals surface area contributed by atoms with Gasteiger partial charge in [0, 0.05) is 30.2 Å². The third kappa shape index (κ3) is 5.29. The molecule has 2 aliphatic heterocycles. The van der Waals surface area contributed by atoms with Gasteiger partial charge in [-0.15, -0.1) is 0 Å². The molecular weight excluding hydrogens is 458 g/mol. The number of fused-ring (bicyclic) bond motifs is 1. The molecule has 0 bridgehead atoms. The Morgan fingerprint density at radius 2 is 1.94 bits per heavy atom. The number of rotatable bonds is 6. The van der Waals surface area contributed by atoms with Crippen molar-refractivity contribution < 1.29 is 22.7 Å². The van der Waals surface area contributed by atoms with Crippen molar-refractivity contribution in [1.29, 1.82) is 0 Å². The molecule has 2 aliphatic rings. The number of amides is 2. The quantitative estimate of drug-likeness (QED) is 0.460. The van der Waals surface area contributed by atoms with Crippen LogP contribution in [0.25, 0.3) is 5.69 Å². The lowest BCUT2D eigenvalue weighted by molar-refractivity contribution is -0.136. The van der Waals surface area contributed by atoms with Gasteiger partial charge in [0.05, 0.1) is 36.1 Å². The van der Waals surface area contributed by atoms with E-state index in [0.29, 0.717) is 48.1 Å². The van der Waals surface area contributed by atoms with Crippen LogP contribution in [0.1, 0.15) is 17.7 Å². The highest BCUT2D eigenvalue weighted by Gasteiger charge is 2.33. The number of carbonyl (C=O) groups excluding carboxylic acids is 2. The normalized spacial score (nSPS) is 17.7. The molecule has 12 heteroatoms. The van der Waals surface area contributed by atoms with Gasteiger partial charge < -0.3 is 15.4 Å². The summed E-state index contributed by atoms with van der Waals surface area (Å²) in [6.45, 7) is 4.28. The molecule has 2 aromatic rings. The lowest BCUT2D eigenvalue weighted by Crippen LogP contribution is -2.40. The van der Waals surface area contributed by atoms with E-state index in [1.807, 2.05) is 0 Å². The molecule has 0 spiro atoms. The van der Waals surface area contributed by atoms with Crippen molar-refractivity contribution in [3.8, 4) is 5.69 Å². The number of carbonyl (C=O) groups is 2. The topological polar surface area (TPSA) is 123 Å². The fourth-order valence-corrected chi connectivity index (χ4v) is 5.42. The summed E-state index contributed by atoms with van der Waals surface area (Å²) in [6, 6.07) is 6.77. The molecular formula is C20H24ClN5O5S. The summed E-state index contributed by atoms with van der Waals surface area (Å²) in [7, 11) is -3.34. The van der Waals surface area contributed by atoms with Crippen molar-refractivity contribution >= 4 is 39.1 Å². The lowest BCUT2D eigenvalue weighted by Gasteiger charge is -2.26. The summed E-state index contributed by atoms with van der Waals surface area (Å²) in [5, 5.41) is 9.97. The number of nitrogens with zero attached hydrogens (tertiary/aromatic N) is 3. The van der Waals surface area contributed by atoms with E-state index in [4.69, 9.17) is 16.3 Å². The molecule has 172 valence electrons. The summed E-state index contributed by atoms with van der Waals surface area (Å²) in [5.74, 6) is -1.98. The van der Waals surface area contributed by atoms with E-state index in [2.05, 4.69) is 20.6 Å². The van der Waals surface area contributed by atoms with Crippen LogP contribution < -0.4 is 10.6 Å². The summed E-state index contributed by atoms with van der Waals surface area (Å²) < 4.78 is 30.8. The maximum atomic E-state index is 12.6. The third-order valence-electron chi connectivity index (χ3n) is 5.32. The summed E-state index contributed by atoms with van der Waals surface area (Å²) >= 11 is 6.07. The first kappa shape index (κ1) is 22.7. The van der Waals surface area contributed by atoms with Crippen molar-refractivity contribution in [2.75, 3.05) is 44.7 Å². The molecule has 1 aromatic carbocycles. The van der Waals surface area contributed by atoms with Crippen LogP contribution in [0.4, 0.5) is 5.82 Å². The molecule has 1 saturated heterocycles. The van der Waals surface area contributed by atoms with Crippen LogP contribution in [0.15, 0.2) is 24.3 Å². The number of hydrogen-bond donors (Lipinski definition) is 2. The van der Waals surface area contributed by atoms with Gasteiger partial charge >= 0.3 is 11.8 Å². The average molecular weight is 482 g/mol. The Bertz CT molecular complexity index is 1130. The molecule has 0 atom stereocenters. The van der Waals surface area contributed by atoms with Gasteiger partial charge in [-0.3, -0.25) is 14.5 Å². The van der Waals surface area contributed by atoms with Crippen LogP contribution >= 0.6 is 11.6 Å². The van der Waals surface area contributed by atoms with Gasteiger partial charge in [-0.2, -0.15) is 5.10 Å². The first-order valence-corrected chi connectivity index (χ1v) is 12.5. The Morgan fingerprint density at radius 3 is 2.69 bits per heavy atom. The maximum absolute atomic E-state index is 12.6. The number of hydrogen-bond acceptors (Lipinski definition) is 7. The molecule has 0 unspecified atom stereocenters. The van der Waals surface area contributed by atoms with Crippen molar-refractivity contribution in [3.05, 3.63) is 40.5 Å².